The van der Waals surface area contributed by atoms with Crippen LogP contribution in [0.3, 0.4) is 0 Å². The molecule has 0 radical (unpaired) electrons. The van der Waals surface area contributed by atoms with Gasteiger partial charge < -0.3 is 25.2 Å². The third kappa shape index (κ3) is 10.5. The van der Waals surface area contributed by atoms with Gasteiger partial charge in [0.15, 0.2) is 6.23 Å². The third-order valence-corrected chi connectivity index (χ3v) is 9.49. The summed E-state index contributed by atoms with van der Waals surface area (Å²) in [6, 6.07) is 10.3. The van der Waals surface area contributed by atoms with Gasteiger partial charge in [0, 0.05) is 29.4 Å². The predicted molar refractivity (Wildman–Crippen MR) is 182 cm³/mol. The van der Waals surface area contributed by atoms with Gasteiger partial charge >= 0.3 is 11.7 Å². The fraction of sp³-hybridized carbons (Fsp3) is 0.394. The minimum Gasteiger partial charge on any atom is -0.496 e. The Kier molecular flexibility index (Phi) is 13.2. The van der Waals surface area contributed by atoms with Crippen molar-refractivity contribution in [2.45, 2.75) is 68.7 Å². The van der Waals surface area contributed by atoms with E-state index in [4.69, 9.17) is 26.2 Å². The summed E-state index contributed by atoms with van der Waals surface area (Å²) in [6.45, 7) is 1.81. The zero-order valence-corrected chi connectivity index (χ0v) is 28.7. The number of H-pyrrole nitrogens is 1. The van der Waals surface area contributed by atoms with Gasteiger partial charge in [0.2, 0.25) is 0 Å². The number of sulfonamides is 1. The molecule has 5 N–H and O–H groups in total. The van der Waals surface area contributed by atoms with Gasteiger partial charge in [-0.2, -0.15) is 0 Å². The lowest BCUT2D eigenvalue weighted by atomic mass is 9.96. The molecule has 264 valence electrons. The summed E-state index contributed by atoms with van der Waals surface area (Å²) in [6.07, 6.45) is 9.25. The first-order valence-electron chi connectivity index (χ1n) is 15.7. The maximum absolute atomic E-state index is 12.5. The largest absolute Gasteiger partial charge is 0.496 e. The molecule has 0 unspecified atom stereocenters. The molecule has 49 heavy (non-hydrogen) atoms. The van der Waals surface area contributed by atoms with Gasteiger partial charge in [-0.15, -0.1) is 0 Å². The first-order valence-corrected chi connectivity index (χ1v) is 17.6. The Bertz CT molecular complexity index is 1870. The summed E-state index contributed by atoms with van der Waals surface area (Å²) in [5.41, 5.74) is 0.679. The lowest BCUT2D eigenvalue weighted by molar-refractivity contribution is -0.0104. The van der Waals surface area contributed by atoms with Crippen molar-refractivity contribution in [2.75, 3.05) is 20.3 Å². The van der Waals surface area contributed by atoms with Crippen LogP contribution in [0.1, 0.15) is 59.8 Å². The molecule has 1 aromatic heterocycles. The summed E-state index contributed by atoms with van der Waals surface area (Å²) in [7, 11) is -2.49. The van der Waals surface area contributed by atoms with E-state index in [0.717, 1.165) is 37.7 Å². The number of carbonyl (C=O) groups is 2. The first-order chi connectivity index (χ1) is 23.4. The molecule has 2 atom stereocenters. The van der Waals surface area contributed by atoms with Crippen LogP contribution in [-0.2, 0) is 21.2 Å². The number of rotatable bonds is 10. The summed E-state index contributed by atoms with van der Waals surface area (Å²) in [5.74, 6) is 0.105. The van der Waals surface area contributed by atoms with Crippen molar-refractivity contribution in [3.05, 3.63) is 103 Å². The Morgan fingerprint density at radius 1 is 1.08 bits per heavy atom. The molecule has 0 bridgehead atoms. The molecule has 1 fully saturated rings. The molecule has 1 saturated carbocycles. The van der Waals surface area contributed by atoms with Gasteiger partial charge in [-0.1, -0.05) is 49.1 Å². The zero-order chi connectivity index (χ0) is 35.6. The second kappa shape index (κ2) is 17.3. The van der Waals surface area contributed by atoms with Gasteiger partial charge in [0.1, 0.15) is 11.9 Å². The molecule has 14 nitrogen and oxygen atoms in total. The predicted octanol–water partition coefficient (Wildman–Crippen LogP) is 2.93. The molecule has 3 amide bonds. The number of aliphatic hydroxyl groups is 1. The van der Waals surface area contributed by atoms with Gasteiger partial charge in [-0.05, 0) is 68.2 Å². The molecule has 3 aromatic rings. The number of halogens is 1. The molecule has 2 aliphatic rings. The Morgan fingerprint density at radius 2 is 1.80 bits per heavy atom. The van der Waals surface area contributed by atoms with Crippen LogP contribution in [0.15, 0.2) is 75.3 Å². The van der Waals surface area contributed by atoms with E-state index in [1.807, 2.05) is 0 Å². The number of urea groups is 1. The molecule has 0 saturated heterocycles. The van der Waals surface area contributed by atoms with Crippen molar-refractivity contribution in [2.24, 2.45) is 0 Å². The number of methoxy groups -OCH3 is 1. The highest BCUT2D eigenvalue weighted by molar-refractivity contribution is 7.90. The van der Waals surface area contributed by atoms with Crippen LogP contribution in [0, 0.1) is 6.92 Å². The average Bonchev–Trinajstić information content (AvgIpc) is 3.56. The Hall–Kier alpha value is -4.44. The number of nitrogens with one attached hydrogen (secondary N) is 4. The molecule has 2 heterocycles. The number of amides is 3. The number of carbonyl (C=O) groups excluding carboxylic acids is 2. The monoisotopic (exact) mass is 717 g/mol. The van der Waals surface area contributed by atoms with E-state index in [-0.39, 0.29) is 23.5 Å². The lowest BCUT2D eigenvalue weighted by Gasteiger charge is -2.22. The van der Waals surface area contributed by atoms with E-state index in [0.29, 0.717) is 34.9 Å². The van der Waals surface area contributed by atoms with Crippen LogP contribution in [0.2, 0.25) is 5.02 Å². The van der Waals surface area contributed by atoms with Crippen molar-refractivity contribution in [3.8, 4) is 5.75 Å². The van der Waals surface area contributed by atoms with Gasteiger partial charge in [-0.25, -0.2) is 22.7 Å². The summed E-state index contributed by atoms with van der Waals surface area (Å²) >= 11 is 5.96. The van der Waals surface area contributed by atoms with Gasteiger partial charge in [0.25, 0.3) is 21.5 Å². The quantitative estimate of drug-likeness (QED) is 0.196. The molecular weight excluding hydrogens is 678 g/mol. The van der Waals surface area contributed by atoms with Crippen molar-refractivity contribution < 1.29 is 32.6 Å². The van der Waals surface area contributed by atoms with Crippen LogP contribution < -0.4 is 31.3 Å². The van der Waals surface area contributed by atoms with E-state index in [2.05, 4.69) is 20.3 Å². The minimum absolute atomic E-state index is 0.00209. The molecule has 2 aromatic carbocycles. The standard InChI is InChI=1S/C23H28ClN3O5S.C10H12N2O4/c1-32-21-12-9-17(24)15-20(21)22(28)25-14-13-16-7-10-19(11-8-16)33(30,31)27-23(29)26-18-5-3-2-4-6-18;1-6-4-12(10(15)11-9(6)14)8-3-2-7(5-13)16-8/h7-12,15,18H,2-6,13-14H2,1H3,(H,25,28)(H2,26,27,29);2-4,7-8,13H,5H2,1H3,(H,11,14,15)/t;7-,8+/m.0/s1. The van der Waals surface area contributed by atoms with E-state index < -0.39 is 39.6 Å². The van der Waals surface area contributed by atoms with Crippen molar-refractivity contribution >= 4 is 33.6 Å². The van der Waals surface area contributed by atoms with Crippen LogP contribution >= 0.6 is 11.6 Å². The van der Waals surface area contributed by atoms with Crippen molar-refractivity contribution in [3.63, 3.8) is 0 Å². The molecule has 5 rings (SSSR count). The van der Waals surface area contributed by atoms with E-state index in [1.165, 1.54) is 36.1 Å². The second-order valence-electron chi connectivity index (χ2n) is 11.5. The second-order valence-corrected chi connectivity index (χ2v) is 13.6. The molecule has 16 heteroatoms. The van der Waals surface area contributed by atoms with E-state index in [1.54, 1.807) is 43.3 Å². The van der Waals surface area contributed by atoms with Crippen LogP contribution in [0.4, 0.5) is 4.79 Å². The fourth-order valence-electron chi connectivity index (χ4n) is 5.28. The SMILES string of the molecule is COc1ccc(Cl)cc1C(=O)NCCc1ccc(S(=O)(=O)NC(=O)NC2CCCCC2)cc1.Cc1cn([C@H]2C=C[C@@H](CO)O2)c(=O)[nH]c1=O. The smallest absolute Gasteiger partial charge is 0.330 e. The maximum Gasteiger partial charge on any atom is 0.330 e. The Morgan fingerprint density at radius 3 is 2.45 bits per heavy atom. The Labute approximate surface area is 288 Å². The number of nitrogens with zero attached hydrogens (tertiary/aromatic N) is 1. The molecular formula is C33H40ClN5O9S. The lowest BCUT2D eigenvalue weighted by Crippen LogP contribution is -2.45. The Balaban J connectivity index is 0.000000281. The van der Waals surface area contributed by atoms with Gasteiger partial charge in [-0.3, -0.25) is 19.1 Å². The molecule has 0 spiro atoms. The fourth-order valence-corrected chi connectivity index (χ4v) is 6.36. The highest BCUT2D eigenvalue weighted by atomic mass is 35.5. The highest BCUT2D eigenvalue weighted by Crippen LogP contribution is 2.23. The van der Waals surface area contributed by atoms with Crippen LogP contribution in [-0.4, -0.2) is 67.4 Å². The number of hydrogen-bond acceptors (Lipinski definition) is 9. The number of hydrogen-bond donors (Lipinski definition) is 5. The number of aromatic nitrogens is 2. The number of benzene rings is 2. The number of aliphatic hydroxyl groups excluding tert-OH is 1. The van der Waals surface area contributed by atoms with Crippen molar-refractivity contribution in [1.29, 1.82) is 0 Å². The highest BCUT2D eigenvalue weighted by Gasteiger charge is 2.22. The van der Waals surface area contributed by atoms with Crippen LogP contribution in [0.5, 0.6) is 5.75 Å². The van der Waals surface area contributed by atoms with Crippen LogP contribution in [0.25, 0.3) is 0 Å². The summed E-state index contributed by atoms with van der Waals surface area (Å²) < 4.78 is 38.9. The minimum atomic E-state index is -3.97. The topological polar surface area (TPSA) is 198 Å². The van der Waals surface area contributed by atoms with Gasteiger partial charge in [0.05, 0.1) is 24.2 Å². The maximum atomic E-state index is 12.5. The summed E-state index contributed by atoms with van der Waals surface area (Å²) in [4.78, 5) is 49.4. The number of ether oxygens (including phenoxy) is 2. The normalized spacial score (nSPS) is 17.5. The summed E-state index contributed by atoms with van der Waals surface area (Å²) in [5, 5.41) is 14.8. The number of aromatic amines is 1. The van der Waals surface area contributed by atoms with E-state index >= 15 is 0 Å². The van der Waals surface area contributed by atoms with E-state index in [9.17, 15) is 27.6 Å². The molecule has 1 aliphatic heterocycles. The zero-order valence-electron chi connectivity index (χ0n) is 27.1. The number of aryl methyl sites for hydroxylation is 1. The molecule has 1 aliphatic carbocycles. The first kappa shape index (κ1) is 37.4. The third-order valence-electron chi connectivity index (χ3n) is 7.91. The average molecular weight is 718 g/mol. The van der Waals surface area contributed by atoms with Crippen molar-refractivity contribution in [1.82, 2.24) is 24.9 Å².